The van der Waals surface area contributed by atoms with Gasteiger partial charge in [-0.15, -0.1) is 0 Å². The number of aliphatic imine (C=N–C) groups is 1. The van der Waals surface area contributed by atoms with Crippen LogP contribution in [0.15, 0.2) is 52.2 Å². The summed E-state index contributed by atoms with van der Waals surface area (Å²) in [7, 11) is 1.83. The Labute approximate surface area is 152 Å². The summed E-state index contributed by atoms with van der Waals surface area (Å²) in [6, 6.07) is 9.27. The molecular formula is C23H32N2. The minimum atomic E-state index is 0. The van der Waals surface area contributed by atoms with Gasteiger partial charge in [0.15, 0.2) is 0 Å². The van der Waals surface area contributed by atoms with Crippen LogP contribution >= 0.6 is 0 Å². The number of allylic oxidation sites excluding steroid dienone is 4. The van der Waals surface area contributed by atoms with Crippen molar-refractivity contribution in [3.63, 3.8) is 0 Å². The van der Waals surface area contributed by atoms with Crippen molar-refractivity contribution in [2.75, 3.05) is 7.05 Å². The highest BCUT2D eigenvalue weighted by molar-refractivity contribution is 5.87. The Hall–Kier alpha value is -1.83. The van der Waals surface area contributed by atoms with Crippen molar-refractivity contribution >= 4 is 6.21 Å². The van der Waals surface area contributed by atoms with Gasteiger partial charge in [0.25, 0.3) is 0 Å². The van der Waals surface area contributed by atoms with Crippen LogP contribution in [-0.4, -0.2) is 13.3 Å². The maximum atomic E-state index is 6.39. The lowest BCUT2D eigenvalue weighted by Crippen LogP contribution is -2.14. The average molecular weight is 337 g/mol. The molecule has 2 atom stereocenters. The normalized spacial score (nSPS) is 26.2. The fraction of sp³-hybridized carbons (Fsp3) is 0.522. The first-order chi connectivity index (χ1) is 11.8. The van der Waals surface area contributed by atoms with Crippen molar-refractivity contribution in [3.05, 3.63) is 58.3 Å². The van der Waals surface area contributed by atoms with Crippen LogP contribution in [0.3, 0.4) is 0 Å². The largest absolute Gasteiger partial charge is 0.401 e. The second kappa shape index (κ2) is 7.59. The molecule has 0 radical (unpaired) electrons. The van der Waals surface area contributed by atoms with Gasteiger partial charge in [-0.3, -0.25) is 4.99 Å². The van der Waals surface area contributed by atoms with Crippen LogP contribution in [0.2, 0.25) is 0 Å². The van der Waals surface area contributed by atoms with Gasteiger partial charge in [-0.1, -0.05) is 57.0 Å². The molecule has 1 aromatic rings. The summed E-state index contributed by atoms with van der Waals surface area (Å²) >= 11 is 0. The summed E-state index contributed by atoms with van der Waals surface area (Å²) in [6.07, 6.45) is 13.5. The van der Waals surface area contributed by atoms with Crippen molar-refractivity contribution < 1.29 is 0 Å². The lowest BCUT2D eigenvalue weighted by molar-refractivity contribution is 0.443. The van der Waals surface area contributed by atoms with E-state index in [-0.39, 0.29) is 7.43 Å². The fourth-order valence-electron chi connectivity index (χ4n) is 4.54. The molecule has 0 bridgehead atoms. The minimum Gasteiger partial charge on any atom is -0.401 e. The van der Waals surface area contributed by atoms with Crippen LogP contribution in [0.4, 0.5) is 0 Å². The fourth-order valence-corrected chi connectivity index (χ4v) is 4.54. The van der Waals surface area contributed by atoms with Gasteiger partial charge in [0.1, 0.15) is 0 Å². The second-order valence-electron chi connectivity index (χ2n) is 7.71. The van der Waals surface area contributed by atoms with E-state index in [0.29, 0.717) is 11.8 Å². The molecule has 1 aromatic carbocycles. The highest BCUT2D eigenvalue weighted by atomic mass is 14.7. The second-order valence-corrected chi connectivity index (χ2v) is 7.71. The van der Waals surface area contributed by atoms with Crippen LogP contribution in [0.5, 0.6) is 0 Å². The van der Waals surface area contributed by atoms with Crippen molar-refractivity contribution in [2.45, 2.75) is 58.3 Å². The topological polar surface area (TPSA) is 38.4 Å². The van der Waals surface area contributed by atoms with Crippen molar-refractivity contribution in [1.82, 2.24) is 0 Å². The molecule has 0 spiro atoms. The molecule has 2 nitrogen and oxygen atoms in total. The number of rotatable bonds is 4. The van der Waals surface area contributed by atoms with Crippen molar-refractivity contribution in [3.8, 4) is 0 Å². The summed E-state index contributed by atoms with van der Waals surface area (Å²) in [6.45, 7) is 0. The molecule has 2 fully saturated rings. The van der Waals surface area contributed by atoms with Gasteiger partial charge in [-0.05, 0) is 54.2 Å². The molecule has 4 rings (SSSR count). The monoisotopic (exact) mass is 336 g/mol. The van der Waals surface area contributed by atoms with Crippen molar-refractivity contribution in [1.29, 1.82) is 0 Å². The molecule has 0 amide bonds. The van der Waals surface area contributed by atoms with Gasteiger partial charge in [0.2, 0.25) is 0 Å². The van der Waals surface area contributed by atoms with Crippen LogP contribution in [0.1, 0.15) is 63.0 Å². The smallest absolute Gasteiger partial charge is 0.0301 e. The van der Waals surface area contributed by atoms with Gasteiger partial charge in [-0.2, -0.15) is 0 Å². The average Bonchev–Trinajstić information content (AvgIpc) is 3.39. The highest BCUT2D eigenvalue weighted by Gasteiger charge is 2.41. The Balaban J connectivity index is 0.00000182. The van der Waals surface area contributed by atoms with Gasteiger partial charge < -0.3 is 5.73 Å². The van der Waals surface area contributed by atoms with E-state index in [2.05, 4.69) is 35.3 Å². The maximum Gasteiger partial charge on any atom is 0.0301 e. The zero-order valence-electron chi connectivity index (χ0n) is 14.7. The first kappa shape index (κ1) is 18.0. The number of hydrogen-bond donors (Lipinski definition) is 1. The summed E-state index contributed by atoms with van der Waals surface area (Å²) in [5.41, 5.74) is 13.0. The summed E-state index contributed by atoms with van der Waals surface area (Å²) in [5.74, 6) is 2.02. The number of nitrogens with zero attached hydrogens (tertiary/aromatic N) is 1. The lowest BCUT2D eigenvalue weighted by Gasteiger charge is -2.23. The Kier molecular flexibility index (Phi) is 5.46. The Bertz CT molecular complexity index is 705. The third kappa shape index (κ3) is 3.73. The van der Waals surface area contributed by atoms with Crippen LogP contribution < -0.4 is 5.73 Å². The molecule has 0 aliphatic heterocycles. The van der Waals surface area contributed by atoms with Crippen molar-refractivity contribution in [2.24, 2.45) is 22.6 Å². The molecule has 0 aromatic heterocycles. The summed E-state index contributed by atoms with van der Waals surface area (Å²) in [4.78, 5) is 4.24. The Morgan fingerprint density at radius 2 is 2.00 bits per heavy atom. The molecule has 3 aliphatic carbocycles. The SMILES string of the molecule is C.CN=CC1=C(N)C2CC2C=C1Cc1cccc(C2CCCCC2)c1. The highest BCUT2D eigenvalue weighted by Crippen LogP contribution is 2.49. The molecule has 2 unspecified atom stereocenters. The molecule has 3 aliphatic rings. The molecular weight excluding hydrogens is 304 g/mol. The Morgan fingerprint density at radius 1 is 1.20 bits per heavy atom. The van der Waals surface area contributed by atoms with Crippen LogP contribution in [0.25, 0.3) is 0 Å². The standard InChI is InChI=1S/C22H28N2.CH4/c1-24-14-21-18(12-19-13-20(19)22(21)23)11-15-6-5-9-17(10-15)16-7-3-2-4-8-16;/h5-6,9-10,12,14,16,19-20H,2-4,7-8,11,13,23H2,1H3;1H4. The van der Waals surface area contributed by atoms with E-state index in [1.54, 1.807) is 0 Å². The van der Waals surface area contributed by atoms with E-state index in [0.717, 1.165) is 18.0 Å². The molecule has 2 heteroatoms. The molecule has 0 saturated heterocycles. The lowest BCUT2D eigenvalue weighted by atomic mass is 9.83. The van der Waals surface area contributed by atoms with E-state index < -0.39 is 0 Å². The van der Waals surface area contributed by atoms with Crippen LogP contribution in [-0.2, 0) is 6.42 Å². The molecule has 0 heterocycles. The van der Waals surface area contributed by atoms with E-state index in [9.17, 15) is 0 Å². The number of hydrogen-bond acceptors (Lipinski definition) is 2. The van der Waals surface area contributed by atoms with Gasteiger partial charge in [-0.25, -0.2) is 0 Å². The predicted octanol–water partition coefficient (Wildman–Crippen LogP) is 5.40. The van der Waals surface area contributed by atoms with E-state index in [1.165, 1.54) is 60.8 Å². The van der Waals surface area contributed by atoms with E-state index in [1.807, 2.05) is 13.3 Å². The summed E-state index contributed by atoms with van der Waals surface area (Å²) in [5, 5.41) is 0. The minimum absolute atomic E-state index is 0. The van der Waals surface area contributed by atoms with Gasteiger partial charge in [0.05, 0.1) is 0 Å². The van der Waals surface area contributed by atoms with E-state index >= 15 is 0 Å². The molecule has 2 N–H and O–H groups in total. The quantitative estimate of drug-likeness (QED) is 0.734. The predicted molar refractivity (Wildman–Crippen MR) is 108 cm³/mol. The third-order valence-electron chi connectivity index (χ3n) is 5.99. The zero-order chi connectivity index (χ0) is 16.5. The van der Waals surface area contributed by atoms with E-state index in [4.69, 9.17) is 5.73 Å². The first-order valence-electron chi connectivity index (χ1n) is 9.48. The molecule has 134 valence electrons. The number of nitrogens with two attached hydrogens (primary N) is 1. The maximum absolute atomic E-state index is 6.39. The number of fused-ring (bicyclic) bond motifs is 1. The van der Waals surface area contributed by atoms with Gasteiger partial charge in [0, 0.05) is 30.5 Å². The van der Waals surface area contributed by atoms with Crippen LogP contribution in [0, 0.1) is 11.8 Å². The first-order valence-corrected chi connectivity index (χ1v) is 9.48. The number of benzene rings is 1. The zero-order valence-corrected chi connectivity index (χ0v) is 14.7. The Morgan fingerprint density at radius 3 is 2.76 bits per heavy atom. The van der Waals surface area contributed by atoms with Gasteiger partial charge >= 0.3 is 0 Å². The molecule has 2 saturated carbocycles. The summed E-state index contributed by atoms with van der Waals surface area (Å²) < 4.78 is 0. The molecule has 25 heavy (non-hydrogen) atoms. The third-order valence-corrected chi connectivity index (χ3v) is 5.99.